The van der Waals surface area contributed by atoms with Gasteiger partial charge in [0, 0.05) is 11.8 Å². The zero-order valence-electron chi connectivity index (χ0n) is 10.9. The van der Waals surface area contributed by atoms with Crippen molar-refractivity contribution in [2.45, 2.75) is 39.2 Å². The van der Waals surface area contributed by atoms with Crippen LogP contribution < -0.4 is 0 Å². The third-order valence-corrected chi connectivity index (χ3v) is 4.83. The fourth-order valence-electron chi connectivity index (χ4n) is 3.91. The van der Waals surface area contributed by atoms with Gasteiger partial charge in [-0.2, -0.15) is 0 Å². The molecule has 4 fully saturated rings. The van der Waals surface area contributed by atoms with Gasteiger partial charge in [0.05, 0.1) is 18.4 Å². The van der Waals surface area contributed by atoms with Gasteiger partial charge in [-0.15, -0.1) is 0 Å². The van der Waals surface area contributed by atoms with Gasteiger partial charge in [-0.05, 0) is 25.2 Å². The molecule has 18 heavy (non-hydrogen) atoms. The summed E-state index contributed by atoms with van der Waals surface area (Å²) in [5.74, 6) is 0.835. The molecule has 3 aliphatic carbocycles. The summed E-state index contributed by atoms with van der Waals surface area (Å²) in [6.45, 7) is 4.24. The number of rotatable bonds is 2. The lowest BCUT2D eigenvalue weighted by atomic mass is 9.58. The zero-order valence-corrected chi connectivity index (χ0v) is 10.9. The molecule has 0 spiro atoms. The Morgan fingerprint density at radius 3 is 2.83 bits per heavy atom. The molecule has 0 amide bonds. The molecule has 4 rings (SSSR count). The Hall–Kier alpha value is -1.06. The number of fused-ring (bicyclic) bond motifs is 2. The van der Waals surface area contributed by atoms with Crippen LogP contribution in [0.25, 0.3) is 0 Å². The van der Waals surface area contributed by atoms with Crippen LogP contribution in [0.5, 0.6) is 0 Å². The Bertz CT molecular complexity index is 376. The molecule has 0 radical (unpaired) electrons. The molecule has 0 N–H and O–H groups in total. The standard InChI is InChI=1S/C14H20O4/c1-7(2)13(15)18-11-5-8-3-4-9(11)10-6-17-14(16)12(8)10/h7-12H,3-6H2,1-2H3. The van der Waals surface area contributed by atoms with Crippen LogP contribution in [0.4, 0.5) is 0 Å². The van der Waals surface area contributed by atoms with E-state index in [1.54, 1.807) is 0 Å². The molecule has 0 aromatic heterocycles. The molecule has 1 heterocycles. The second-order valence-corrected chi connectivity index (χ2v) is 6.19. The summed E-state index contributed by atoms with van der Waals surface area (Å²) in [7, 11) is 0. The molecule has 5 atom stereocenters. The van der Waals surface area contributed by atoms with Crippen molar-refractivity contribution in [2.24, 2.45) is 29.6 Å². The van der Waals surface area contributed by atoms with Gasteiger partial charge >= 0.3 is 11.9 Å². The van der Waals surface area contributed by atoms with Gasteiger partial charge in [0.1, 0.15) is 6.10 Å². The van der Waals surface area contributed by atoms with E-state index < -0.39 is 0 Å². The highest BCUT2D eigenvalue weighted by Gasteiger charge is 2.56. The quantitative estimate of drug-likeness (QED) is 0.703. The number of esters is 2. The van der Waals surface area contributed by atoms with Gasteiger partial charge in [-0.25, -0.2) is 0 Å². The first kappa shape index (κ1) is 12.0. The predicted molar refractivity (Wildman–Crippen MR) is 63.5 cm³/mol. The number of cyclic esters (lactones) is 1. The highest BCUT2D eigenvalue weighted by molar-refractivity contribution is 5.76. The van der Waals surface area contributed by atoms with Gasteiger partial charge in [-0.3, -0.25) is 9.59 Å². The maximum Gasteiger partial charge on any atom is 0.309 e. The van der Waals surface area contributed by atoms with E-state index in [4.69, 9.17) is 9.47 Å². The van der Waals surface area contributed by atoms with Gasteiger partial charge < -0.3 is 9.47 Å². The zero-order chi connectivity index (χ0) is 12.9. The Labute approximate surface area is 107 Å². The minimum absolute atomic E-state index is 0.00870. The van der Waals surface area contributed by atoms with Crippen LogP contribution in [-0.2, 0) is 19.1 Å². The second-order valence-electron chi connectivity index (χ2n) is 6.19. The number of carbonyl (C=O) groups is 2. The highest BCUT2D eigenvalue weighted by atomic mass is 16.6. The minimum Gasteiger partial charge on any atom is -0.465 e. The maximum absolute atomic E-state index is 11.7. The summed E-state index contributed by atoms with van der Waals surface area (Å²) < 4.78 is 10.8. The lowest BCUT2D eigenvalue weighted by molar-refractivity contribution is -0.167. The Morgan fingerprint density at radius 1 is 1.33 bits per heavy atom. The fourth-order valence-corrected chi connectivity index (χ4v) is 3.91. The summed E-state index contributed by atoms with van der Waals surface area (Å²) in [6, 6.07) is 0. The van der Waals surface area contributed by atoms with Gasteiger partial charge in [0.25, 0.3) is 0 Å². The largest absolute Gasteiger partial charge is 0.465 e. The van der Waals surface area contributed by atoms with E-state index in [1.807, 2.05) is 13.8 Å². The summed E-state index contributed by atoms with van der Waals surface area (Å²) in [5, 5.41) is 0. The molecule has 4 nitrogen and oxygen atoms in total. The van der Waals surface area contributed by atoms with Crippen molar-refractivity contribution in [1.82, 2.24) is 0 Å². The van der Waals surface area contributed by atoms with Crippen molar-refractivity contribution in [3.8, 4) is 0 Å². The molecule has 1 aliphatic heterocycles. The molecule has 4 aliphatic rings. The first-order valence-electron chi connectivity index (χ1n) is 6.95. The third kappa shape index (κ3) is 1.73. The van der Waals surface area contributed by atoms with Crippen molar-refractivity contribution in [2.75, 3.05) is 6.61 Å². The van der Waals surface area contributed by atoms with Crippen molar-refractivity contribution in [3.05, 3.63) is 0 Å². The van der Waals surface area contributed by atoms with Crippen LogP contribution in [0, 0.1) is 29.6 Å². The smallest absolute Gasteiger partial charge is 0.309 e. The van der Waals surface area contributed by atoms with E-state index in [0.29, 0.717) is 18.4 Å². The van der Waals surface area contributed by atoms with Crippen molar-refractivity contribution >= 4 is 11.9 Å². The lowest BCUT2D eigenvalue weighted by Crippen LogP contribution is -2.49. The van der Waals surface area contributed by atoms with E-state index in [-0.39, 0.29) is 35.8 Å². The molecule has 5 unspecified atom stereocenters. The monoisotopic (exact) mass is 252 g/mol. The number of hydrogen-bond acceptors (Lipinski definition) is 4. The average Bonchev–Trinajstić information content (AvgIpc) is 2.74. The van der Waals surface area contributed by atoms with Crippen molar-refractivity contribution in [1.29, 1.82) is 0 Å². The average molecular weight is 252 g/mol. The molecule has 0 aromatic rings. The molecular weight excluding hydrogens is 232 g/mol. The molecule has 100 valence electrons. The van der Waals surface area contributed by atoms with Crippen molar-refractivity contribution < 1.29 is 19.1 Å². The first-order valence-corrected chi connectivity index (χ1v) is 6.95. The van der Waals surface area contributed by atoms with E-state index in [2.05, 4.69) is 0 Å². The van der Waals surface area contributed by atoms with Crippen LogP contribution in [0.2, 0.25) is 0 Å². The third-order valence-electron chi connectivity index (χ3n) is 4.83. The molecular formula is C14H20O4. The van der Waals surface area contributed by atoms with Crippen LogP contribution in [0.1, 0.15) is 33.1 Å². The van der Waals surface area contributed by atoms with Crippen LogP contribution in [0.3, 0.4) is 0 Å². The van der Waals surface area contributed by atoms with Crippen LogP contribution in [0.15, 0.2) is 0 Å². The normalized spacial score (nSPS) is 41.7. The molecule has 4 heteroatoms. The lowest BCUT2D eigenvalue weighted by Gasteiger charge is -2.47. The Balaban J connectivity index is 1.74. The van der Waals surface area contributed by atoms with E-state index in [9.17, 15) is 9.59 Å². The fraction of sp³-hybridized carbons (Fsp3) is 0.857. The number of ether oxygens (including phenoxy) is 2. The second kappa shape index (κ2) is 4.25. The Kier molecular flexibility index (Phi) is 2.83. The minimum atomic E-state index is -0.116. The first-order chi connectivity index (χ1) is 8.58. The van der Waals surface area contributed by atoms with E-state index in [0.717, 1.165) is 19.3 Å². The SMILES string of the molecule is CC(C)C(=O)OC1CC2CCC1C1COC(=O)C21. The summed E-state index contributed by atoms with van der Waals surface area (Å²) in [6.07, 6.45) is 3.00. The Morgan fingerprint density at radius 2 is 2.11 bits per heavy atom. The van der Waals surface area contributed by atoms with Gasteiger partial charge in [0.15, 0.2) is 0 Å². The highest BCUT2D eigenvalue weighted by Crippen LogP contribution is 2.52. The number of carbonyl (C=O) groups excluding carboxylic acids is 2. The molecule has 0 aromatic carbocycles. The maximum atomic E-state index is 11.7. The van der Waals surface area contributed by atoms with Gasteiger partial charge in [0.2, 0.25) is 0 Å². The van der Waals surface area contributed by atoms with Crippen molar-refractivity contribution in [3.63, 3.8) is 0 Å². The summed E-state index contributed by atoms with van der Waals surface area (Å²) in [4.78, 5) is 23.4. The number of hydrogen-bond donors (Lipinski definition) is 0. The molecule has 3 saturated carbocycles. The van der Waals surface area contributed by atoms with Gasteiger partial charge in [-0.1, -0.05) is 13.8 Å². The molecule has 1 saturated heterocycles. The topological polar surface area (TPSA) is 52.6 Å². The summed E-state index contributed by atoms with van der Waals surface area (Å²) >= 11 is 0. The molecule has 2 bridgehead atoms. The van der Waals surface area contributed by atoms with Crippen LogP contribution in [-0.4, -0.2) is 24.6 Å². The van der Waals surface area contributed by atoms with E-state index in [1.165, 1.54) is 0 Å². The van der Waals surface area contributed by atoms with Crippen LogP contribution >= 0.6 is 0 Å². The summed E-state index contributed by atoms with van der Waals surface area (Å²) in [5.41, 5.74) is 0. The van der Waals surface area contributed by atoms with E-state index >= 15 is 0 Å². The predicted octanol–water partition coefficient (Wildman–Crippen LogP) is 1.77.